The van der Waals surface area contributed by atoms with Crippen LogP contribution < -0.4 is 5.73 Å². The SMILES string of the molecule is CCC12C[C@H]3CC(C(=O)N4CC[C@H](N)[C@@H](F)C4)(C1)CC(c1ccccc1)(C3)C2. The van der Waals surface area contributed by atoms with Crippen LogP contribution in [0.2, 0.25) is 0 Å². The summed E-state index contributed by atoms with van der Waals surface area (Å²) in [5.74, 6) is 0.845. The molecule has 5 fully saturated rings. The number of nitrogens with zero attached hydrogens (tertiary/aromatic N) is 1. The van der Waals surface area contributed by atoms with Gasteiger partial charge in [-0.2, -0.15) is 0 Å². The summed E-state index contributed by atoms with van der Waals surface area (Å²) in [6.45, 7) is 3.11. The molecular weight excluding hydrogens is 351 g/mol. The zero-order valence-electron chi connectivity index (χ0n) is 17.0. The number of halogens is 1. The normalized spacial score (nSPS) is 44.7. The molecule has 6 atom stereocenters. The number of piperidine rings is 1. The van der Waals surface area contributed by atoms with Crippen LogP contribution in [0.25, 0.3) is 0 Å². The van der Waals surface area contributed by atoms with Crippen molar-refractivity contribution in [3.8, 4) is 0 Å². The van der Waals surface area contributed by atoms with Crippen LogP contribution in [0.1, 0.15) is 63.9 Å². The van der Waals surface area contributed by atoms with Crippen molar-refractivity contribution < 1.29 is 9.18 Å². The van der Waals surface area contributed by atoms with Gasteiger partial charge < -0.3 is 10.6 Å². The van der Waals surface area contributed by atoms with Crippen LogP contribution in [0.5, 0.6) is 0 Å². The fraction of sp³-hybridized carbons (Fsp3) is 0.708. The lowest BCUT2D eigenvalue weighted by atomic mass is 9.38. The Morgan fingerprint density at radius 1 is 1.18 bits per heavy atom. The van der Waals surface area contributed by atoms with E-state index in [1.54, 1.807) is 0 Å². The Bertz CT molecular complexity index is 769. The smallest absolute Gasteiger partial charge is 0.228 e. The molecule has 5 aliphatic rings. The fourth-order valence-corrected chi connectivity index (χ4v) is 7.83. The van der Waals surface area contributed by atoms with Gasteiger partial charge >= 0.3 is 0 Å². The molecule has 2 N–H and O–H groups in total. The van der Waals surface area contributed by atoms with Gasteiger partial charge in [0.2, 0.25) is 5.91 Å². The highest BCUT2D eigenvalue weighted by Gasteiger charge is 2.66. The molecule has 0 aromatic heterocycles. The zero-order chi connectivity index (χ0) is 19.6. The molecule has 0 spiro atoms. The van der Waals surface area contributed by atoms with E-state index < -0.39 is 12.2 Å². The Kier molecular flexibility index (Phi) is 4.18. The van der Waals surface area contributed by atoms with E-state index in [9.17, 15) is 9.18 Å². The van der Waals surface area contributed by atoms with Crippen molar-refractivity contribution in [1.29, 1.82) is 0 Å². The average Bonchev–Trinajstić information content (AvgIpc) is 2.69. The van der Waals surface area contributed by atoms with Crippen molar-refractivity contribution in [2.45, 2.75) is 75.9 Å². The minimum Gasteiger partial charge on any atom is -0.339 e. The third-order valence-electron chi connectivity index (χ3n) is 8.65. The van der Waals surface area contributed by atoms with Crippen LogP contribution in [0, 0.1) is 16.7 Å². The number of carbonyl (C=O) groups excluding carboxylic acids is 1. The van der Waals surface area contributed by atoms with Gasteiger partial charge in [-0.05, 0) is 67.3 Å². The molecule has 1 aliphatic heterocycles. The highest BCUT2D eigenvalue weighted by atomic mass is 19.1. The molecule has 1 aromatic carbocycles. The Hall–Kier alpha value is -1.42. The maximum Gasteiger partial charge on any atom is 0.228 e. The predicted octanol–water partition coefficient (Wildman–Crippen LogP) is 4.20. The lowest BCUT2D eigenvalue weighted by molar-refractivity contribution is -0.175. The van der Waals surface area contributed by atoms with Crippen molar-refractivity contribution in [3.63, 3.8) is 0 Å². The molecular formula is C24H33FN2O. The first-order valence-electron chi connectivity index (χ1n) is 11.1. The van der Waals surface area contributed by atoms with Gasteiger partial charge in [0, 0.05) is 12.6 Å². The van der Waals surface area contributed by atoms with E-state index in [0.29, 0.717) is 18.9 Å². The van der Waals surface area contributed by atoms with Crippen LogP contribution in [-0.4, -0.2) is 36.1 Å². The first-order chi connectivity index (χ1) is 13.4. The highest BCUT2D eigenvalue weighted by molar-refractivity contribution is 5.84. The van der Waals surface area contributed by atoms with Crippen LogP contribution in [0.3, 0.4) is 0 Å². The zero-order valence-corrected chi connectivity index (χ0v) is 17.0. The van der Waals surface area contributed by atoms with Crippen molar-refractivity contribution in [2.24, 2.45) is 22.5 Å². The number of alkyl halides is 1. The van der Waals surface area contributed by atoms with Crippen molar-refractivity contribution >= 4 is 5.91 Å². The number of benzene rings is 1. The third kappa shape index (κ3) is 2.67. The molecule has 1 saturated heterocycles. The molecule has 1 aromatic rings. The lowest BCUT2D eigenvalue weighted by Gasteiger charge is -2.67. The Morgan fingerprint density at radius 2 is 1.96 bits per heavy atom. The molecule has 1 heterocycles. The molecule has 4 bridgehead atoms. The maximum absolute atomic E-state index is 14.3. The van der Waals surface area contributed by atoms with E-state index in [4.69, 9.17) is 5.73 Å². The summed E-state index contributed by atoms with van der Waals surface area (Å²) in [6, 6.07) is 10.5. The molecule has 28 heavy (non-hydrogen) atoms. The summed E-state index contributed by atoms with van der Waals surface area (Å²) in [6.07, 6.45) is 7.27. The fourth-order valence-electron chi connectivity index (χ4n) is 7.83. The number of likely N-dealkylation sites (tertiary alicyclic amines) is 1. The van der Waals surface area contributed by atoms with Gasteiger partial charge in [0.25, 0.3) is 0 Å². The van der Waals surface area contributed by atoms with Gasteiger partial charge in [-0.3, -0.25) is 4.79 Å². The lowest BCUT2D eigenvalue weighted by Crippen LogP contribution is -2.64. The molecule has 152 valence electrons. The summed E-state index contributed by atoms with van der Waals surface area (Å²) in [4.78, 5) is 15.7. The first-order valence-corrected chi connectivity index (χ1v) is 11.1. The predicted molar refractivity (Wildman–Crippen MR) is 109 cm³/mol. The van der Waals surface area contributed by atoms with E-state index >= 15 is 0 Å². The Labute approximate surface area is 167 Å². The molecule has 3 nitrogen and oxygen atoms in total. The summed E-state index contributed by atoms with van der Waals surface area (Å²) in [5, 5.41) is 0. The second-order valence-corrected chi connectivity index (χ2v) is 10.5. The van der Waals surface area contributed by atoms with Crippen LogP contribution in [-0.2, 0) is 10.2 Å². The number of hydrogen-bond donors (Lipinski definition) is 1. The van der Waals surface area contributed by atoms with E-state index in [1.807, 2.05) is 4.90 Å². The van der Waals surface area contributed by atoms with Gasteiger partial charge in [-0.15, -0.1) is 0 Å². The Morgan fingerprint density at radius 3 is 2.68 bits per heavy atom. The van der Waals surface area contributed by atoms with E-state index in [-0.39, 0.29) is 28.7 Å². The number of hydrogen-bond acceptors (Lipinski definition) is 2. The first kappa shape index (κ1) is 18.6. The molecule has 4 saturated carbocycles. The minimum atomic E-state index is -1.09. The minimum absolute atomic E-state index is 0.119. The largest absolute Gasteiger partial charge is 0.339 e. The van der Waals surface area contributed by atoms with E-state index in [0.717, 1.165) is 25.7 Å². The van der Waals surface area contributed by atoms with E-state index in [2.05, 4.69) is 37.3 Å². The van der Waals surface area contributed by atoms with Crippen LogP contribution >= 0.6 is 0 Å². The average molecular weight is 385 g/mol. The van der Waals surface area contributed by atoms with Crippen molar-refractivity contribution in [3.05, 3.63) is 35.9 Å². The van der Waals surface area contributed by atoms with Crippen molar-refractivity contribution in [1.82, 2.24) is 4.90 Å². The number of amides is 1. The van der Waals surface area contributed by atoms with Gasteiger partial charge in [0.1, 0.15) is 6.17 Å². The third-order valence-corrected chi connectivity index (χ3v) is 8.65. The van der Waals surface area contributed by atoms with E-state index in [1.165, 1.54) is 24.8 Å². The molecule has 4 heteroatoms. The van der Waals surface area contributed by atoms with Crippen LogP contribution in [0.4, 0.5) is 4.39 Å². The number of carbonyl (C=O) groups is 1. The quantitative estimate of drug-likeness (QED) is 0.849. The monoisotopic (exact) mass is 384 g/mol. The Balaban J connectivity index is 1.52. The summed E-state index contributed by atoms with van der Waals surface area (Å²) < 4.78 is 14.3. The summed E-state index contributed by atoms with van der Waals surface area (Å²) in [5.41, 5.74) is 7.38. The second-order valence-electron chi connectivity index (χ2n) is 10.5. The second kappa shape index (κ2) is 6.29. The summed E-state index contributed by atoms with van der Waals surface area (Å²) in [7, 11) is 0. The molecule has 1 amide bonds. The van der Waals surface area contributed by atoms with Gasteiger partial charge in [0.15, 0.2) is 0 Å². The number of nitrogens with two attached hydrogens (primary N) is 1. The molecule has 3 unspecified atom stereocenters. The molecule has 6 rings (SSSR count). The van der Waals surface area contributed by atoms with Gasteiger partial charge in [-0.25, -0.2) is 4.39 Å². The van der Waals surface area contributed by atoms with Gasteiger partial charge in [-0.1, -0.05) is 43.7 Å². The standard InChI is InChI=1S/C24H33FN2O/c1-2-22-10-17-11-23(14-22,18-6-4-3-5-7-18)16-24(12-17,15-22)21(28)27-9-8-20(26)19(25)13-27/h3-7,17,19-20H,2,8-16,26H2,1H3/t17-,19+,20+,22?,23?,24?/m1/s1. The van der Waals surface area contributed by atoms with Crippen molar-refractivity contribution in [2.75, 3.05) is 13.1 Å². The topological polar surface area (TPSA) is 46.3 Å². The maximum atomic E-state index is 14.3. The molecule has 0 radical (unpaired) electrons. The van der Waals surface area contributed by atoms with Crippen LogP contribution in [0.15, 0.2) is 30.3 Å². The molecule has 4 aliphatic carbocycles. The highest BCUT2D eigenvalue weighted by Crippen LogP contribution is 2.71. The number of rotatable bonds is 3. The van der Waals surface area contributed by atoms with Gasteiger partial charge in [0.05, 0.1) is 12.0 Å². The summed E-state index contributed by atoms with van der Waals surface area (Å²) >= 11 is 0.